The second kappa shape index (κ2) is 8.17. The third kappa shape index (κ3) is 4.31. The van der Waals surface area contributed by atoms with Gasteiger partial charge < -0.3 is 9.32 Å². The largest absolute Gasteiger partial charge is 0.465 e. The molecule has 30 heavy (non-hydrogen) atoms. The molecular formula is C22H29N3O4S. The van der Waals surface area contributed by atoms with E-state index in [1.54, 1.807) is 4.90 Å². The highest BCUT2D eigenvalue weighted by atomic mass is 32.2. The average molecular weight is 432 g/mol. The van der Waals surface area contributed by atoms with Gasteiger partial charge in [0.1, 0.15) is 11.5 Å². The van der Waals surface area contributed by atoms with Gasteiger partial charge >= 0.3 is 0 Å². The number of furan rings is 1. The highest BCUT2D eigenvalue weighted by Crippen LogP contribution is 2.30. The summed E-state index contributed by atoms with van der Waals surface area (Å²) in [6.45, 7) is 7.83. The van der Waals surface area contributed by atoms with Crippen molar-refractivity contribution in [1.82, 2.24) is 14.1 Å². The molecule has 0 bridgehead atoms. The zero-order valence-electron chi connectivity index (χ0n) is 17.8. The minimum atomic E-state index is -3.22. The number of piperazine rings is 1. The van der Waals surface area contributed by atoms with E-state index in [2.05, 4.69) is 36.1 Å². The van der Waals surface area contributed by atoms with Gasteiger partial charge in [-0.1, -0.05) is 29.8 Å². The van der Waals surface area contributed by atoms with Crippen molar-refractivity contribution in [2.75, 3.05) is 39.0 Å². The van der Waals surface area contributed by atoms with Crippen molar-refractivity contribution < 1.29 is 17.6 Å². The molecule has 1 amide bonds. The number of aryl methyl sites for hydroxylation is 2. The molecule has 0 N–H and O–H groups in total. The maximum Gasteiger partial charge on any atom is 0.257 e. The SMILES string of the molecule is Cc1ccc(CN2CCc3oc(C)c(C(=O)N4CCN(S(C)(=O)=O)CC4)c3C2)cc1. The molecule has 2 aliphatic rings. The smallest absolute Gasteiger partial charge is 0.257 e. The lowest BCUT2D eigenvalue weighted by Gasteiger charge is -2.33. The van der Waals surface area contributed by atoms with Crippen LogP contribution in [0.25, 0.3) is 0 Å². The van der Waals surface area contributed by atoms with Crippen LogP contribution in [0.1, 0.15) is 38.6 Å². The van der Waals surface area contributed by atoms with Gasteiger partial charge in [-0.15, -0.1) is 0 Å². The molecule has 7 nitrogen and oxygen atoms in total. The zero-order valence-corrected chi connectivity index (χ0v) is 18.7. The maximum absolute atomic E-state index is 13.3. The van der Waals surface area contributed by atoms with Crippen molar-refractivity contribution in [3.63, 3.8) is 0 Å². The third-order valence-corrected chi connectivity index (χ3v) is 7.34. The van der Waals surface area contributed by atoms with Crippen LogP contribution in [-0.4, -0.2) is 67.4 Å². The summed E-state index contributed by atoms with van der Waals surface area (Å²) in [4.78, 5) is 17.4. The Kier molecular flexibility index (Phi) is 5.74. The number of carbonyl (C=O) groups is 1. The summed E-state index contributed by atoms with van der Waals surface area (Å²) in [5, 5.41) is 0. The minimum absolute atomic E-state index is 0.0529. The van der Waals surface area contributed by atoms with E-state index in [0.29, 0.717) is 44.0 Å². The molecule has 0 unspecified atom stereocenters. The van der Waals surface area contributed by atoms with Gasteiger partial charge in [0.15, 0.2) is 0 Å². The van der Waals surface area contributed by atoms with E-state index in [1.165, 1.54) is 21.7 Å². The molecule has 0 aliphatic carbocycles. The first-order valence-corrected chi connectivity index (χ1v) is 12.2. The Morgan fingerprint density at radius 1 is 1.03 bits per heavy atom. The van der Waals surface area contributed by atoms with Crippen LogP contribution < -0.4 is 0 Å². The fourth-order valence-electron chi connectivity index (χ4n) is 4.33. The molecule has 4 rings (SSSR count). The molecule has 1 saturated heterocycles. The number of nitrogens with zero attached hydrogens (tertiary/aromatic N) is 3. The first-order valence-electron chi connectivity index (χ1n) is 10.4. The second-order valence-electron chi connectivity index (χ2n) is 8.34. The number of amides is 1. The first kappa shape index (κ1) is 21.1. The minimum Gasteiger partial charge on any atom is -0.465 e. The van der Waals surface area contributed by atoms with Gasteiger partial charge in [-0.3, -0.25) is 9.69 Å². The number of rotatable bonds is 4. The van der Waals surface area contributed by atoms with Crippen LogP contribution in [0, 0.1) is 13.8 Å². The first-order chi connectivity index (χ1) is 14.2. The molecule has 2 aromatic rings. The van der Waals surface area contributed by atoms with E-state index in [0.717, 1.165) is 30.8 Å². The Bertz CT molecular complexity index is 1040. The van der Waals surface area contributed by atoms with Crippen LogP contribution in [0.2, 0.25) is 0 Å². The number of sulfonamides is 1. The zero-order chi connectivity index (χ0) is 21.5. The average Bonchev–Trinajstić information content (AvgIpc) is 3.03. The van der Waals surface area contributed by atoms with E-state index in [1.807, 2.05) is 6.92 Å². The van der Waals surface area contributed by atoms with Crippen molar-refractivity contribution in [2.24, 2.45) is 0 Å². The van der Waals surface area contributed by atoms with E-state index in [9.17, 15) is 13.2 Å². The van der Waals surface area contributed by atoms with E-state index in [-0.39, 0.29) is 5.91 Å². The van der Waals surface area contributed by atoms with Gasteiger partial charge in [-0.25, -0.2) is 8.42 Å². The normalized spacial score (nSPS) is 18.4. The molecule has 1 fully saturated rings. The fraction of sp³-hybridized carbons (Fsp3) is 0.500. The van der Waals surface area contributed by atoms with Crippen molar-refractivity contribution in [1.29, 1.82) is 0 Å². The van der Waals surface area contributed by atoms with Crippen LogP contribution >= 0.6 is 0 Å². The van der Waals surface area contributed by atoms with Crippen LogP contribution in [0.5, 0.6) is 0 Å². The number of hydrogen-bond donors (Lipinski definition) is 0. The number of hydrogen-bond acceptors (Lipinski definition) is 5. The number of benzene rings is 1. The molecule has 1 aromatic heterocycles. The van der Waals surface area contributed by atoms with Crippen molar-refractivity contribution >= 4 is 15.9 Å². The van der Waals surface area contributed by atoms with Gasteiger partial charge in [-0.05, 0) is 19.4 Å². The lowest BCUT2D eigenvalue weighted by atomic mass is 10.0. The second-order valence-corrected chi connectivity index (χ2v) is 10.3. The Morgan fingerprint density at radius 2 is 1.70 bits per heavy atom. The van der Waals surface area contributed by atoms with Crippen molar-refractivity contribution in [3.8, 4) is 0 Å². The molecular weight excluding hydrogens is 402 g/mol. The Morgan fingerprint density at radius 3 is 2.33 bits per heavy atom. The molecule has 0 spiro atoms. The molecule has 1 aromatic carbocycles. The molecule has 0 atom stereocenters. The van der Waals surface area contributed by atoms with Gasteiger partial charge in [-0.2, -0.15) is 4.31 Å². The molecule has 162 valence electrons. The third-order valence-electron chi connectivity index (χ3n) is 6.04. The van der Waals surface area contributed by atoms with Crippen LogP contribution in [0.3, 0.4) is 0 Å². The standard InChI is InChI=1S/C22H29N3O4S/c1-16-4-6-18(7-5-16)14-23-9-8-20-19(15-23)21(17(2)29-20)22(26)24-10-12-25(13-11-24)30(3,27)28/h4-7H,8-15H2,1-3H3. The quantitative estimate of drug-likeness (QED) is 0.742. The van der Waals surface area contributed by atoms with Crippen molar-refractivity contribution in [2.45, 2.75) is 33.4 Å². The van der Waals surface area contributed by atoms with Crippen molar-refractivity contribution in [3.05, 3.63) is 58.0 Å². The lowest BCUT2D eigenvalue weighted by molar-refractivity contribution is 0.0694. The molecule has 3 heterocycles. The summed E-state index contributed by atoms with van der Waals surface area (Å²) < 4.78 is 30.9. The molecule has 0 radical (unpaired) electrons. The summed E-state index contributed by atoms with van der Waals surface area (Å²) in [7, 11) is -3.22. The summed E-state index contributed by atoms with van der Waals surface area (Å²) >= 11 is 0. The topological polar surface area (TPSA) is 74.1 Å². The molecule has 0 saturated carbocycles. The Balaban J connectivity index is 1.49. The number of fused-ring (bicyclic) bond motifs is 1. The summed E-state index contributed by atoms with van der Waals surface area (Å²) in [5.74, 6) is 1.52. The molecule has 8 heteroatoms. The van der Waals surface area contributed by atoms with Gasteiger partial charge in [0.2, 0.25) is 10.0 Å². The Labute approximate surface area is 178 Å². The van der Waals surface area contributed by atoms with Gasteiger partial charge in [0.05, 0.1) is 11.8 Å². The Hall–Kier alpha value is -2.16. The van der Waals surface area contributed by atoms with E-state index >= 15 is 0 Å². The van der Waals surface area contributed by atoms with Crippen LogP contribution in [-0.2, 0) is 29.5 Å². The van der Waals surface area contributed by atoms with Gasteiger partial charge in [0.25, 0.3) is 5.91 Å². The van der Waals surface area contributed by atoms with E-state index in [4.69, 9.17) is 4.42 Å². The van der Waals surface area contributed by atoms with Crippen LogP contribution in [0.4, 0.5) is 0 Å². The van der Waals surface area contributed by atoms with E-state index < -0.39 is 10.0 Å². The highest BCUT2D eigenvalue weighted by molar-refractivity contribution is 7.88. The van der Waals surface area contributed by atoms with Crippen LogP contribution in [0.15, 0.2) is 28.7 Å². The molecule has 2 aliphatic heterocycles. The summed E-state index contributed by atoms with van der Waals surface area (Å²) in [6, 6.07) is 8.55. The number of carbonyl (C=O) groups excluding carboxylic acids is 1. The van der Waals surface area contributed by atoms with Gasteiger partial charge in [0, 0.05) is 57.8 Å². The monoisotopic (exact) mass is 431 g/mol. The maximum atomic E-state index is 13.3. The lowest BCUT2D eigenvalue weighted by Crippen LogP contribution is -2.50. The predicted molar refractivity (Wildman–Crippen MR) is 115 cm³/mol. The summed E-state index contributed by atoms with van der Waals surface area (Å²) in [5.41, 5.74) is 4.15. The highest BCUT2D eigenvalue weighted by Gasteiger charge is 2.33. The predicted octanol–water partition coefficient (Wildman–Crippen LogP) is 2.17. The fourth-order valence-corrected chi connectivity index (χ4v) is 5.15. The summed E-state index contributed by atoms with van der Waals surface area (Å²) in [6.07, 6.45) is 2.00.